The number of hydrogen-bond acceptors (Lipinski definition) is 32. The molecule has 2 aliphatic heterocycles. The second-order valence-corrected chi connectivity index (χ2v) is 33.9. The van der Waals surface area contributed by atoms with Gasteiger partial charge in [-0.25, -0.2) is 39.3 Å². The number of amides is 5. The van der Waals surface area contributed by atoms with Crippen molar-refractivity contribution in [3.05, 3.63) is 363 Å². The van der Waals surface area contributed by atoms with Crippen molar-refractivity contribution in [2.45, 2.75) is 57.8 Å². The van der Waals surface area contributed by atoms with Gasteiger partial charge in [0.1, 0.15) is 57.1 Å². The van der Waals surface area contributed by atoms with Gasteiger partial charge in [-0.3, -0.25) is 97.6 Å². The number of aromatic nitrogens is 30. The van der Waals surface area contributed by atoms with Crippen molar-refractivity contribution in [3.8, 4) is 96.5 Å². The van der Waals surface area contributed by atoms with Gasteiger partial charge in [0.15, 0.2) is 0 Å². The summed E-state index contributed by atoms with van der Waals surface area (Å²) in [6, 6.07) is 51.1. The Kier molecular flexibility index (Phi) is 31.9. The van der Waals surface area contributed by atoms with Gasteiger partial charge in [0.2, 0.25) is 11.6 Å². The fourth-order valence-electron chi connectivity index (χ4n) is 15.1. The quantitative estimate of drug-likeness (QED) is 0.0208. The van der Waals surface area contributed by atoms with E-state index in [-0.39, 0.29) is 66.0 Å². The summed E-state index contributed by atoms with van der Waals surface area (Å²) in [6.07, 6.45) is 33.9. The van der Waals surface area contributed by atoms with Crippen LogP contribution in [0.3, 0.4) is 0 Å². The molecule has 22 heterocycles. The molecule has 0 saturated carbocycles. The summed E-state index contributed by atoms with van der Waals surface area (Å²) in [5.41, 5.74) is 17.3. The smallest absolute Gasteiger partial charge is 0.293 e. The fourth-order valence-corrected chi connectivity index (χ4v) is 15.1. The number of aromatic amines is 3. The van der Waals surface area contributed by atoms with E-state index in [1.54, 1.807) is 212 Å². The first kappa shape index (κ1) is 100. The van der Waals surface area contributed by atoms with Crippen molar-refractivity contribution in [2.24, 2.45) is 14.1 Å². The molecule has 752 valence electrons. The molecule has 0 aliphatic carbocycles. The zero-order valence-electron chi connectivity index (χ0n) is 80.9. The van der Waals surface area contributed by atoms with E-state index in [1.807, 2.05) is 123 Å². The highest BCUT2D eigenvalue weighted by atomic mass is 19.1. The Morgan fingerprint density at radius 2 is 0.840 bits per heavy atom. The number of H-pyrrole nitrogens is 3. The summed E-state index contributed by atoms with van der Waals surface area (Å²) in [5.74, 6) is -1.64. The molecule has 0 bridgehead atoms. The Balaban J connectivity index is 0.000000123. The van der Waals surface area contributed by atoms with Crippen LogP contribution in [0.1, 0.15) is 113 Å². The lowest BCUT2D eigenvalue weighted by molar-refractivity contribution is -0.0285. The molecule has 0 unspecified atom stereocenters. The molecule has 0 spiro atoms. The van der Waals surface area contributed by atoms with Gasteiger partial charge in [-0.15, -0.1) is 0 Å². The van der Waals surface area contributed by atoms with Gasteiger partial charge in [-0.2, -0.15) is 40.8 Å². The van der Waals surface area contributed by atoms with Gasteiger partial charge in [0, 0.05) is 160 Å². The van der Waals surface area contributed by atoms with Gasteiger partial charge < -0.3 is 51.0 Å². The lowest BCUT2D eigenvalue weighted by Gasteiger charge is -2.25. The van der Waals surface area contributed by atoms with E-state index in [1.165, 1.54) is 16.9 Å². The molecule has 0 radical (unpaired) electrons. The van der Waals surface area contributed by atoms with E-state index in [0.717, 1.165) is 45.7 Å². The highest BCUT2D eigenvalue weighted by Gasteiger charge is 2.30. The molecular formula is C104H94FN35O10. The second-order valence-electron chi connectivity index (χ2n) is 33.9. The normalized spacial score (nSPS) is 12.0. The van der Waals surface area contributed by atoms with Gasteiger partial charge >= 0.3 is 0 Å². The fraction of sp³-hybridized carbons (Fsp3) is 0.163. The molecule has 45 nitrogen and oxygen atoms in total. The van der Waals surface area contributed by atoms with Crippen LogP contribution in [0, 0.1) is 12.7 Å². The number of nitrogens with zero attached hydrogens (tertiary/aromatic N) is 27. The lowest BCUT2D eigenvalue weighted by Crippen LogP contribution is -2.30. The van der Waals surface area contributed by atoms with Crippen LogP contribution in [0.5, 0.6) is 5.75 Å². The van der Waals surface area contributed by atoms with Crippen molar-refractivity contribution in [1.29, 1.82) is 0 Å². The highest BCUT2D eigenvalue weighted by molar-refractivity contribution is 6.08. The predicted molar refractivity (Wildman–Crippen MR) is 546 cm³/mol. The summed E-state index contributed by atoms with van der Waals surface area (Å²) in [7, 11) is 3.57. The summed E-state index contributed by atoms with van der Waals surface area (Å²) in [5, 5.41) is 76.1. The Bertz CT molecular complexity index is 8000. The van der Waals surface area contributed by atoms with E-state index in [4.69, 9.17) is 14.2 Å². The molecule has 2 fully saturated rings. The molecule has 0 aromatic carbocycles. The Labute approximate surface area is 853 Å². The number of aryl methyl sites for hydroxylation is 3. The van der Waals surface area contributed by atoms with E-state index in [2.05, 4.69) is 152 Å². The first-order chi connectivity index (χ1) is 73.2. The number of anilines is 5. The number of halogens is 1. The summed E-state index contributed by atoms with van der Waals surface area (Å²) in [6.45, 7) is 7.57. The van der Waals surface area contributed by atoms with Crippen LogP contribution in [0.4, 0.5) is 32.8 Å². The number of carbonyl (C=O) groups excluding carboxylic acids is 5. The van der Waals surface area contributed by atoms with Crippen LogP contribution in [0.15, 0.2) is 300 Å². The average molecular weight is 2010 g/mol. The number of aliphatic hydroxyl groups excluding tert-OH is 2. The number of ether oxygens (including phenoxy) is 3. The van der Waals surface area contributed by atoms with Crippen molar-refractivity contribution < 1.29 is 52.8 Å². The molecule has 150 heavy (non-hydrogen) atoms. The van der Waals surface area contributed by atoms with Crippen LogP contribution >= 0.6 is 0 Å². The maximum absolute atomic E-state index is 13.5. The molecule has 20 aromatic heterocycles. The zero-order valence-corrected chi connectivity index (χ0v) is 80.9. The van der Waals surface area contributed by atoms with Crippen molar-refractivity contribution >= 4 is 58.0 Å². The van der Waals surface area contributed by atoms with E-state index in [0.29, 0.717) is 153 Å². The third-order valence-electron chi connectivity index (χ3n) is 22.6. The number of carbonyl (C=O) groups is 5. The van der Waals surface area contributed by atoms with Gasteiger partial charge in [0.05, 0.1) is 168 Å². The monoisotopic (exact) mass is 2010 g/mol. The van der Waals surface area contributed by atoms with Crippen LogP contribution in [0.2, 0.25) is 0 Å². The largest absolute Gasteiger partial charge is 0.489 e. The van der Waals surface area contributed by atoms with Crippen molar-refractivity contribution in [1.82, 2.24) is 149 Å². The van der Waals surface area contributed by atoms with Crippen molar-refractivity contribution in [2.75, 3.05) is 66.2 Å². The standard InChI is InChI=1S/C25H24N6O3.C22H17FN6O2.C20H19N7O3.C19H18N8O.C18H16N8O/c1-16(2)34-19-10-17(11-26-12-19)20-7-5-8-22(28-20)25(32)29-23-13-31(18-14-33-15-18)30-24(23)21-6-3-4-9-27-21;23-15-8-14(9-24-10-15)17-5-3-6-19(26-17)22(30)27-20-11-29(16-12-31-13-16)28-21(20)18-4-1-2-7-25-18;28-11-14(12-29)27-10-18(19(26-27)16-4-1-2-7-21-16)25-20(30)17-6-3-5-15(24-17)13-8-22-23-9-13;1-12-13(10-22-25-12)9-14-6-8-21-18(23-14)19(28)24-16-11-27(2)26-17(16)15-5-3-4-7-20-15;1-26-11-15(16(25-26)14-4-2-3-7-19-14)23-18(27)17-20-8-5-12(22-17)10-13-6-9-21-24-13/h3-13,16,18H,14-15H2,1-2H3,(H,29,32);1-11,16H,12-13H2,(H,27,30);1-10,14,28-29H,11-12H2,(H,22,23)(H,25,30);3-8,10-11H,9H2,1-2H3,(H,22,25)(H,24,28);2-9,11H,10H2,1H3,(H,21,24)(H,23,27). The van der Waals surface area contributed by atoms with Crippen LogP contribution in [0.25, 0.3) is 90.7 Å². The minimum atomic E-state index is -0.638. The molecule has 2 saturated heterocycles. The molecule has 20 aromatic rings. The third kappa shape index (κ3) is 25.3. The van der Waals surface area contributed by atoms with Gasteiger partial charge in [-0.1, -0.05) is 48.5 Å². The third-order valence-corrected chi connectivity index (χ3v) is 22.6. The summed E-state index contributed by atoms with van der Waals surface area (Å²) >= 11 is 0. The highest BCUT2D eigenvalue weighted by Crippen LogP contribution is 2.35. The number of nitrogens with one attached hydrogen (secondary N) is 8. The number of pyridine rings is 10. The maximum Gasteiger partial charge on any atom is 0.293 e. The zero-order chi connectivity index (χ0) is 104. The second kappa shape index (κ2) is 47.6. The molecule has 10 N–H and O–H groups in total. The average Bonchev–Trinajstić information content (AvgIpc) is 1.50. The molecule has 5 amide bonds. The Morgan fingerprint density at radius 1 is 0.413 bits per heavy atom. The number of rotatable bonds is 29. The number of aliphatic hydroxyl groups is 2. The topological polar surface area (TPSA) is 569 Å². The first-order valence-electron chi connectivity index (χ1n) is 46.8. The van der Waals surface area contributed by atoms with E-state index >= 15 is 0 Å². The minimum Gasteiger partial charge on any atom is -0.489 e. The maximum atomic E-state index is 13.5. The SMILES string of the molecule is CC(C)Oc1cncc(-c2cccc(C(=O)Nc3cn(C4COC4)nc3-c3ccccn3)n2)c1.Cc1[nH]ncc1Cc1ccnc(C(=O)Nc2cn(C)nc2-c2ccccn2)n1.Cn1cc(NC(=O)c2nccc(Cc3ccn[nH]3)n2)c(-c2ccccn2)n1.O=C(Nc1cn(C(CO)CO)nc1-c1ccccn1)c1cccc(-c2cn[nH]c2)n1.O=C(Nc1cn(C2COC2)nc1-c1ccccn1)c1cccc(-c2cncc(F)c2)n1. The van der Waals surface area contributed by atoms with Gasteiger partial charge in [-0.05, 0) is 154 Å². The van der Waals surface area contributed by atoms with Crippen LogP contribution in [-0.2, 0) is 36.4 Å². The van der Waals surface area contributed by atoms with Crippen LogP contribution < -0.4 is 31.3 Å². The Morgan fingerprint density at radius 3 is 1.25 bits per heavy atom. The summed E-state index contributed by atoms with van der Waals surface area (Å²) in [4.78, 5) is 124. The van der Waals surface area contributed by atoms with E-state index < -0.39 is 35.5 Å². The minimum absolute atomic E-state index is 0.0304. The summed E-state index contributed by atoms with van der Waals surface area (Å²) < 4.78 is 38.0. The first-order valence-corrected chi connectivity index (χ1v) is 46.8. The predicted octanol–water partition coefficient (Wildman–Crippen LogP) is 12.9. The van der Waals surface area contributed by atoms with Crippen molar-refractivity contribution in [3.63, 3.8) is 0 Å². The van der Waals surface area contributed by atoms with Crippen LogP contribution in [-0.4, -0.2) is 235 Å². The molecule has 46 heteroatoms. The molecule has 0 atom stereocenters. The molecule has 2 aliphatic rings. The van der Waals surface area contributed by atoms with E-state index in [9.17, 15) is 38.6 Å². The Hall–Kier alpha value is -19.7. The van der Waals surface area contributed by atoms with Gasteiger partial charge in [0.25, 0.3) is 29.5 Å². The lowest BCUT2D eigenvalue weighted by atomic mass is 10.1. The molecular weight excluding hydrogens is 1920 g/mol. The number of hydrogen-bond donors (Lipinski definition) is 10. The molecule has 22 rings (SSSR count).